The summed E-state index contributed by atoms with van der Waals surface area (Å²) in [6.45, 7) is 1.02. The average molecular weight is 424 g/mol. The number of amides is 2. The minimum absolute atomic E-state index is 0.170. The summed E-state index contributed by atoms with van der Waals surface area (Å²) in [5, 5.41) is 0. The van der Waals surface area contributed by atoms with Gasteiger partial charge in [0.25, 0.3) is 11.8 Å². The third-order valence-electron chi connectivity index (χ3n) is 6.14. The molecule has 0 bridgehead atoms. The molecule has 6 heteroatoms. The summed E-state index contributed by atoms with van der Waals surface area (Å²) >= 11 is 0. The Labute approximate surface area is 185 Å². The van der Waals surface area contributed by atoms with Crippen molar-refractivity contribution in [1.82, 2.24) is 4.90 Å². The molecule has 3 aliphatic heterocycles. The van der Waals surface area contributed by atoms with Crippen molar-refractivity contribution in [3.63, 3.8) is 0 Å². The van der Waals surface area contributed by atoms with Gasteiger partial charge in [-0.25, -0.2) is 0 Å². The molecule has 0 saturated carbocycles. The lowest BCUT2D eigenvalue weighted by Gasteiger charge is -2.22. The Hall–Kier alpha value is -4.06. The van der Waals surface area contributed by atoms with Gasteiger partial charge in [0.2, 0.25) is 6.79 Å². The van der Waals surface area contributed by atoms with Gasteiger partial charge in [0.05, 0.1) is 12.1 Å². The molecule has 0 unspecified atom stereocenters. The highest BCUT2D eigenvalue weighted by Crippen LogP contribution is 2.39. The smallest absolute Gasteiger partial charge is 0.278 e. The summed E-state index contributed by atoms with van der Waals surface area (Å²) in [6, 6.07) is 23.0. The highest BCUT2D eigenvalue weighted by Gasteiger charge is 2.43. The Morgan fingerprint density at radius 3 is 2.47 bits per heavy atom. The Bertz CT molecular complexity index is 1280. The van der Waals surface area contributed by atoms with Crippen molar-refractivity contribution in [3.8, 4) is 11.5 Å². The maximum Gasteiger partial charge on any atom is 0.278 e. The van der Waals surface area contributed by atoms with Crippen molar-refractivity contribution in [2.45, 2.75) is 13.0 Å². The van der Waals surface area contributed by atoms with E-state index in [1.165, 1.54) is 10.5 Å². The molecule has 6 rings (SSSR count). The van der Waals surface area contributed by atoms with Gasteiger partial charge in [0.15, 0.2) is 11.5 Å². The number of carbonyl (C=O) groups is 2. The fraction of sp³-hybridized carbons (Fsp3) is 0.154. The van der Waals surface area contributed by atoms with E-state index in [2.05, 4.69) is 6.07 Å². The van der Waals surface area contributed by atoms with E-state index in [4.69, 9.17) is 9.47 Å². The molecule has 0 fully saturated rings. The van der Waals surface area contributed by atoms with Crippen LogP contribution in [0.25, 0.3) is 5.57 Å². The van der Waals surface area contributed by atoms with Crippen LogP contribution >= 0.6 is 0 Å². The molecule has 0 atom stereocenters. The lowest BCUT2D eigenvalue weighted by Crippen LogP contribution is -2.34. The van der Waals surface area contributed by atoms with Crippen LogP contribution in [0.2, 0.25) is 0 Å². The van der Waals surface area contributed by atoms with Gasteiger partial charge in [-0.1, -0.05) is 54.6 Å². The Balaban J connectivity index is 1.41. The fourth-order valence-electron chi connectivity index (χ4n) is 4.61. The Morgan fingerprint density at radius 1 is 0.812 bits per heavy atom. The number of para-hydroxylation sites is 1. The molecule has 3 aromatic rings. The van der Waals surface area contributed by atoms with E-state index in [1.807, 2.05) is 71.6 Å². The van der Waals surface area contributed by atoms with Crippen LogP contribution in [0.5, 0.6) is 11.5 Å². The van der Waals surface area contributed by atoms with E-state index in [-0.39, 0.29) is 25.2 Å². The molecule has 3 aliphatic rings. The number of hydrogen-bond donors (Lipinski definition) is 0. The topological polar surface area (TPSA) is 59.1 Å². The van der Waals surface area contributed by atoms with Gasteiger partial charge in [-0.15, -0.1) is 0 Å². The molecular formula is C26H20N2O4. The monoisotopic (exact) mass is 424 g/mol. The van der Waals surface area contributed by atoms with Crippen molar-refractivity contribution < 1.29 is 19.1 Å². The average Bonchev–Trinajstić information content (AvgIpc) is 3.52. The van der Waals surface area contributed by atoms with Crippen molar-refractivity contribution in [2.24, 2.45) is 0 Å². The number of rotatable bonds is 4. The third-order valence-corrected chi connectivity index (χ3v) is 6.14. The molecule has 0 aliphatic carbocycles. The van der Waals surface area contributed by atoms with Crippen LogP contribution in [0.4, 0.5) is 5.69 Å². The maximum atomic E-state index is 13.7. The summed E-state index contributed by atoms with van der Waals surface area (Å²) in [6.07, 6.45) is 0.839. The molecule has 6 nitrogen and oxygen atoms in total. The van der Waals surface area contributed by atoms with Gasteiger partial charge < -0.3 is 14.4 Å². The second kappa shape index (κ2) is 7.27. The van der Waals surface area contributed by atoms with Gasteiger partial charge in [0.1, 0.15) is 5.70 Å². The Kier molecular flexibility index (Phi) is 4.24. The van der Waals surface area contributed by atoms with Crippen LogP contribution in [0, 0.1) is 0 Å². The highest BCUT2D eigenvalue weighted by atomic mass is 16.7. The van der Waals surface area contributed by atoms with Crippen molar-refractivity contribution in [1.29, 1.82) is 0 Å². The van der Waals surface area contributed by atoms with Crippen LogP contribution in [0.1, 0.15) is 16.7 Å². The first-order valence-corrected chi connectivity index (χ1v) is 10.6. The summed E-state index contributed by atoms with van der Waals surface area (Å²) in [4.78, 5) is 30.6. The van der Waals surface area contributed by atoms with Crippen molar-refractivity contribution in [2.75, 3.05) is 18.2 Å². The van der Waals surface area contributed by atoms with E-state index in [1.54, 1.807) is 0 Å². The lowest BCUT2D eigenvalue weighted by atomic mass is 10.0. The third kappa shape index (κ3) is 2.87. The van der Waals surface area contributed by atoms with Gasteiger partial charge in [0, 0.05) is 12.2 Å². The number of ether oxygens (including phenoxy) is 2. The number of hydrogen-bond acceptors (Lipinski definition) is 5. The summed E-state index contributed by atoms with van der Waals surface area (Å²) in [7, 11) is 0. The normalized spacial score (nSPS) is 16.9. The Morgan fingerprint density at radius 2 is 1.59 bits per heavy atom. The highest BCUT2D eigenvalue weighted by molar-refractivity contribution is 6.36. The molecule has 2 amide bonds. The standard InChI is InChI=1S/C26H20N2O4/c29-25-23(19-7-2-1-3-8-19)24(27-13-12-18-6-4-5-9-20(18)27)26(30)28(25)15-17-10-11-21-22(14-17)32-16-31-21/h1-11,14H,12-13,15-16H2. The van der Waals surface area contributed by atoms with Gasteiger partial charge in [-0.05, 0) is 41.3 Å². The summed E-state index contributed by atoms with van der Waals surface area (Å²) < 4.78 is 10.8. The van der Waals surface area contributed by atoms with Crippen LogP contribution in [-0.2, 0) is 22.6 Å². The predicted molar refractivity (Wildman–Crippen MR) is 119 cm³/mol. The van der Waals surface area contributed by atoms with Crippen LogP contribution in [0.15, 0.2) is 78.5 Å². The largest absolute Gasteiger partial charge is 0.454 e. The first-order valence-electron chi connectivity index (χ1n) is 10.6. The van der Waals surface area contributed by atoms with E-state index >= 15 is 0 Å². The van der Waals surface area contributed by atoms with Gasteiger partial charge in [-0.2, -0.15) is 0 Å². The van der Waals surface area contributed by atoms with Crippen LogP contribution in [0.3, 0.4) is 0 Å². The van der Waals surface area contributed by atoms with Crippen LogP contribution in [-0.4, -0.2) is 30.1 Å². The predicted octanol–water partition coefficient (Wildman–Crippen LogP) is 3.76. The number of carbonyl (C=O) groups excluding carboxylic acids is 2. The quantitative estimate of drug-likeness (QED) is 0.597. The molecule has 0 N–H and O–H groups in total. The summed E-state index contributed by atoms with van der Waals surface area (Å²) in [5.41, 5.74) is 4.63. The zero-order chi connectivity index (χ0) is 21.7. The molecule has 3 heterocycles. The number of imide groups is 1. The van der Waals surface area contributed by atoms with Crippen molar-refractivity contribution >= 4 is 23.1 Å². The zero-order valence-corrected chi connectivity index (χ0v) is 17.3. The minimum Gasteiger partial charge on any atom is -0.454 e. The maximum absolute atomic E-state index is 13.7. The number of anilines is 1. The van der Waals surface area contributed by atoms with E-state index < -0.39 is 0 Å². The molecule has 0 spiro atoms. The molecule has 0 saturated heterocycles. The lowest BCUT2D eigenvalue weighted by molar-refractivity contribution is -0.137. The number of benzene rings is 3. The number of fused-ring (bicyclic) bond motifs is 2. The van der Waals surface area contributed by atoms with Gasteiger partial charge >= 0.3 is 0 Å². The number of nitrogens with zero attached hydrogens (tertiary/aromatic N) is 2. The zero-order valence-electron chi connectivity index (χ0n) is 17.3. The van der Waals surface area contributed by atoms with Crippen molar-refractivity contribution in [3.05, 3.63) is 95.2 Å². The fourth-order valence-corrected chi connectivity index (χ4v) is 4.61. The molecule has 32 heavy (non-hydrogen) atoms. The summed E-state index contributed by atoms with van der Waals surface area (Å²) in [5.74, 6) is 0.748. The molecule has 0 aromatic heterocycles. The minimum atomic E-state index is -0.279. The molecule has 3 aromatic carbocycles. The van der Waals surface area contributed by atoms with Gasteiger partial charge in [-0.3, -0.25) is 14.5 Å². The second-order valence-corrected chi connectivity index (χ2v) is 8.00. The molecule has 0 radical (unpaired) electrons. The SMILES string of the molecule is O=C1C(c2ccccc2)=C(N2CCc3ccccc32)C(=O)N1Cc1ccc2c(c1)OCO2. The first-order chi connectivity index (χ1) is 15.7. The second-order valence-electron chi connectivity index (χ2n) is 8.00. The molecular weight excluding hydrogens is 404 g/mol. The van der Waals surface area contributed by atoms with E-state index in [0.717, 1.165) is 23.2 Å². The molecule has 158 valence electrons. The van der Waals surface area contributed by atoms with E-state index in [9.17, 15) is 9.59 Å². The van der Waals surface area contributed by atoms with Crippen LogP contribution < -0.4 is 14.4 Å². The first kappa shape index (κ1) is 18.7. The van der Waals surface area contributed by atoms with E-state index in [0.29, 0.717) is 29.3 Å².